The summed E-state index contributed by atoms with van der Waals surface area (Å²) < 4.78 is 10.9. The molecule has 0 spiro atoms. The fourth-order valence-corrected chi connectivity index (χ4v) is 2.24. The lowest BCUT2D eigenvalue weighted by atomic mass is 10.1. The molecule has 1 amide bonds. The van der Waals surface area contributed by atoms with Crippen molar-refractivity contribution in [1.29, 1.82) is 0 Å². The zero-order valence-corrected chi connectivity index (χ0v) is 12.9. The van der Waals surface area contributed by atoms with Crippen molar-refractivity contribution in [3.63, 3.8) is 0 Å². The number of carbonyl (C=O) groups is 1. The third kappa shape index (κ3) is 3.66. The Bertz CT molecular complexity index is 643. The van der Waals surface area contributed by atoms with Gasteiger partial charge in [-0.1, -0.05) is 0 Å². The summed E-state index contributed by atoms with van der Waals surface area (Å²) in [4.78, 5) is 12.2. The van der Waals surface area contributed by atoms with Crippen molar-refractivity contribution in [1.82, 2.24) is 5.32 Å². The van der Waals surface area contributed by atoms with E-state index in [-0.39, 0.29) is 5.91 Å². The van der Waals surface area contributed by atoms with Crippen molar-refractivity contribution in [2.45, 2.75) is 34.2 Å². The van der Waals surface area contributed by atoms with E-state index in [1.165, 1.54) is 0 Å². The van der Waals surface area contributed by atoms with Crippen LogP contribution in [-0.2, 0) is 6.54 Å². The van der Waals surface area contributed by atoms with E-state index in [1.54, 1.807) is 6.07 Å². The summed E-state index contributed by atoms with van der Waals surface area (Å²) in [6, 6.07) is 7.40. The second kappa shape index (κ2) is 6.48. The van der Waals surface area contributed by atoms with E-state index in [4.69, 9.17) is 9.15 Å². The number of aryl methyl sites for hydroxylation is 3. The Balaban J connectivity index is 2.03. The molecule has 1 aromatic carbocycles. The van der Waals surface area contributed by atoms with Gasteiger partial charge in [0.2, 0.25) is 0 Å². The lowest BCUT2D eigenvalue weighted by molar-refractivity contribution is 0.0950. The minimum absolute atomic E-state index is 0.0978. The molecule has 0 aliphatic rings. The van der Waals surface area contributed by atoms with Crippen molar-refractivity contribution in [3.05, 3.63) is 52.5 Å². The first kappa shape index (κ1) is 15.2. The van der Waals surface area contributed by atoms with Crippen LogP contribution in [0.1, 0.15) is 39.9 Å². The number of hydrogen-bond acceptors (Lipinski definition) is 3. The maximum atomic E-state index is 12.2. The Hall–Kier alpha value is -2.23. The smallest absolute Gasteiger partial charge is 0.251 e. The summed E-state index contributed by atoms with van der Waals surface area (Å²) in [7, 11) is 0. The number of amides is 1. The largest absolute Gasteiger partial charge is 0.494 e. The average Bonchev–Trinajstić information content (AvgIpc) is 2.76. The maximum absolute atomic E-state index is 12.2. The fraction of sp³-hybridized carbons (Fsp3) is 0.353. The van der Waals surface area contributed by atoms with Crippen molar-refractivity contribution in [3.8, 4) is 5.75 Å². The highest BCUT2D eigenvalue weighted by Gasteiger charge is 2.10. The van der Waals surface area contributed by atoms with Crippen molar-refractivity contribution < 1.29 is 13.9 Å². The Morgan fingerprint density at radius 3 is 2.57 bits per heavy atom. The molecule has 0 fully saturated rings. The summed E-state index contributed by atoms with van der Waals surface area (Å²) >= 11 is 0. The molecule has 2 aromatic rings. The monoisotopic (exact) mass is 287 g/mol. The molecule has 0 bridgehead atoms. The fourth-order valence-electron chi connectivity index (χ4n) is 2.24. The average molecular weight is 287 g/mol. The molecule has 4 heteroatoms. The number of benzene rings is 1. The molecular formula is C17H21NO3. The Morgan fingerprint density at radius 2 is 2.00 bits per heavy atom. The third-order valence-corrected chi connectivity index (χ3v) is 3.32. The number of nitrogens with one attached hydrogen (secondary N) is 1. The van der Waals surface area contributed by atoms with Crippen LogP contribution in [0.3, 0.4) is 0 Å². The number of carbonyl (C=O) groups excluding carboxylic acids is 1. The topological polar surface area (TPSA) is 51.5 Å². The zero-order chi connectivity index (χ0) is 15.4. The number of rotatable bonds is 5. The molecule has 2 rings (SSSR count). The maximum Gasteiger partial charge on any atom is 0.251 e. The quantitative estimate of drug-likeness (QED) is 0.915. The van der Waals surface area contributed by atoms with Gasteiger partial charge in [0, 0.05) is 17.7 Å². The second-order valence-corrected chi connectivity index (χ2v) is 5.03. The number of hydrogen-bond donors (Lipinski definition) is 1. The van der Waals surface area contributed by atoms with Crippen LogP contribution < -0.4 is 10.1 Å². The van der Waals surface area contributed by atoms with Crippen LogP contribution in [-0.4, -0.2) is 12.5 Å². The van der Waals surface area contributed by atoms with E-state index in [2.05, 4.69) is 5.32 Å². The highest BCUT2D eigenvalue weighted by Crippen LogP contribution is 2.19. The van der Waals surface area contributed by atoms with Crippen molar-refractivity contribution in [2.75, 3.05) is 6.61 Å². The first-order valence-corrected chi connectivity index (χ1v) is 7.08. The molecule has 1 heterocycles. The second-order valence-electron chi connectivity index (χ2n) is 5.03. The molecule has 1 N–H and O–H groups in total. The van der Waals surface area contributed by atoms with Gasteiger partial charge < -0.3 is 14.5 Å². The van der Waals surface area contributed by atoms with Crippen LogP contribution in [0.5, 0.6) is 5.75 Å². The zero-order valence-electron chi connectivity index (χ0n) is 12.9. The van der Waals surface area contributed by atoms with Gasteiger partial charge in [-0.3, -0.25) is 4.79 Å². The molecule has 0 aliphatic carbocycles. The molecular weight excluding hydrogens is 266 g/mol. The minimum Gasteiger partial charge on any atom is -0.494 e. The van der Waals surface area contributed by atoms with E-state index in [0.29, 0.717) is 18.7 Å². The van der Waals surface area contributed by atoms with Gasteiger partial charge >= 0.3 is 0 Å². The standard InChI is InChI=1S/C17H21NO3/c1-5-20-16-7-6-14(8-11(16)2)17(19)18-10-15-9-12(3)21-13(15)4/h6-9H,5,10H2,1-4H3,(H,18,19). The first-order chi connectivity index (χ1) is 10.0. The van der Waals surface area contributed by atoms with Crippen LogP contribution >= 0.6 is 0 Å². The van der Waals surface area contributed by atoms with Gasteiger partial charge in [0.25, 0.3) is 5.91 Å². The summed E-state index contributed by atoms with van der Waals surface area (Å²) in [6.07, 6.45) is 0. The molecule has 21 heavy (non-hydrogen) atoms. The van der Waals surface area contributed by atoms with Gasteiger partial charge in [-0.15, -0.1) is 0 Å². The summed E-state index contributed by atoms with van der Waals surface area (Å²) in [5.74, 6) is 2.42. The normalized spacial score (nSPS) is 10.5. The summed E-state index contributed by atoms with van der Waals surface area (Å²) in [5, 5.41) is 2.91. The molecule has 0 atom stereocenters. The molecule has 0 unspecified atom stereocenters. The van der Waals surface area contributed by atoms with Gasteiger partial charge in [0.15, 0.2) is 0 Å². The van der Waals surface area contributed by atoms with Gasteiger partial charge in [-0.2, -0.15) is 0 Å². The van der Waals surface area contributed by atoms with Crippen molar-refractivity contribution in [2.24, 2.45) is 0 Å². The van der Waals surface area contributed by atoms with E-state index >= 15 is 0 Å². The van der Waals surface area contributed by atoms with E-state index in [1.807, 2.05) is 45.9 Å². The molecule has 0 radical (unpaired) electrons. The van der Waals surface area contributed by atoms with Gasteiger partial charge in [-0.05, 0) is 57.5 Å². The van der Waals surface area contributed by atoms with Crippen LogP contribution in [0.15, 0.2) is 28.7 Å². The molecule has 0 aliphatic heterocycles. The van der Waals surface area contributed by atoms with Gasteiger partial charge in [0.1, 0.15) is 17.3 Å². The van der Waals surface area contributed by atoms with Crippen LogP contribution in [0.4, 0.5) is 0 Å². The summed E-state index contributed by atoms with van der Waals surface area (Å²) in [5.41, 5.74) is 2.59. The van der Waals surface area contributed by atoms with Crippen molar-refractivity contribution >= 4 is 5.91 Å². The molecule has 112 valence electrons. The predicted molar refractivity (Wildman–Crippen MR) is 81.7 cm³/mol. The first-order valence-electron chi connectivity index (χ1n) is 7.08. The highest BCUT2D eigenvalue weighted by molar-refractivity contribution is 5.94. The third-order valence-electron chi connectivity index (χ3n) is 3.32. The molecule has 1 aromatic heterocycles. The molecule has 0 saturated heterocycles. The van der Waals surface area contributed by atoms with Crippen LogP contribution in [0.25, 0.3) is 0 Å². The Morgan fingerprint density at radius 1 is 1.24 bits per heavy atom. The SMILES string of the molecule is CCOc1ccc(C(=O)NCc2cc(C)oc2C)cc1C. The number of ether oxygens (including phenoxy) is 1. The number of furan rings is 1. The van der Waals surface area contributed by atoms with Crippen LogP contribution in [0.2, 0.25) is 0 Å². The molecule has 4 nitrogen and oxygen atoms in total. The van der Waals surface area contributed by atoms with Gasteiger partial charge in [-0.25, -0.2) is 0 Å². The van der Waals surface area contributed by atoms with E-state index < -0.39 is 0 Å². The predicted octanol–water partition coefficient (Wildman–Crippen LogP) is 3.53. The highest BCUT2D eigenvalue weighted by atomic mass is 16.5. The van der Waals surface area contributed by atoms with Crippen LogP contribution in [0, 0.1) is 20.8 Å². The van der Waals surface area contributed by atoms with Gasteiger partial charge in [0.05, 0.1) is 6.61 Å². The lowest BCUT2D eigenvalue weighted by Crippen LogP contribution is -2.23. The Kier molecular flexibility index (Phi) is 4.68. The molecule has 0 saturated carbocycles. The Labute approximate surface area is 125 Å². The van der Waals surface area contributed by atoms with E-state index in [0.717, 1.165) is 28.4 Å². The summed E-state index contributed by atoms with van der Waals surface area (Å²) in [6.45, 7) is 8.75. The minimum atomic E-state index is -0.0978. The van der Waals surface area contributed by atoms with E-state index in [9.17, 15) is 4.79 Å². The lowest BCUT2D eigenvalue weighted by Gasteiger charge is -2.09.